The second-order valence-electron chi connectivity index (χ2n) is 3.99. The maximum atomic E-state index is 11.7. The third-order valence-electron chi connectivity index (χ3n) is 2.60. The summed E-state index contributed by atoms with van der Waals surface area (Å²) in [6, 6.07) is 19.8. The van der Waals surface area contributed by atoms with Crippen molar-refractivity contribution < 1.29 is 8.39 Å². The third kappa shape index (κ3) is 4.43. The summed E-state index contributed by atoms with van der Waals surface area (Å²) in [7, 11) is 0. The molecule has 0 spiro atoms. The van der Waals surface area contributed by atoms with Gasteiger partial charge in [0, 0.05) is 0 Å². The van der Waals surface area contributed by atoms with E-state index in [4.69, 9.17) is 4.18 Å². The van der Waals surface area contributed by atoms with E-state index in [-0.39, 0.29) is 0 Å². The molecule has 18 heavy (non-hydrogen) atoms. The molecule has 0 aliphatic carbocycles. The molecule has 0 amide bonds. The van der Waals surface area contributed by atoms with Crippen molar-refractivity contribution in [3.63, 3.8) is 0 Å². The zero-order chi connectivity index (χ0) is 12.6. The number of hydrogen-bond acceptors (Lipinski definition) is 2. The Bertz CT molecular complexity index is 437. The van der Waals surface area contributed by atoms with Crippen LogP contribution in [0.25, 0.3) is 0 Å². The van der Waals surface area contributed by atoms with E-state index >= 15 is 0 Å². The molecular weight excluding hydrogens is 244 g/mol. The molecule has 0 aliphatic heterocycles. The van der Waals surface area contributed by atoms with E-state index in [2.05, 4.69) is 0 Å². The van der Waals surface area contributed by atoms with Gasteiger partial charge < -0.3 is 0 Å². The Balaban J connectivity index is 1.73. The van der Waals surface area contributed by atoms with Crippen LogP contribution in [0.5, 0.6) is 0 Å². The molecule has 3 heteroatoms. The molecule has 0 saturated carbocycles. The minimum Gasteiger partial charge on any atom is -0.286 e. The van der Waals surface area contributed by atoms with Gasteiger partial charge in [0.15, 0.2) is 11.1 Å². The van der Waals surface area contributed by atoms with Crippen LogP contribution in [0.15, 0.2) is 60.7 Å². The van der Waals surface area contributed by atoms with Crippen molar-refractivity contribution in [2.75, 3.05) is 5.75 Å². The number of hydrogen-bond donors (Lipinski definition) is 0. The molecule has 0 radical (unpaired) electrons. The molecule has 2 aromatic carbocycles. The normalized spacial score (nSPS) is 12.2. The second kappa shape index (κ2) is 7.09. The predicted molar refractivity (Wildman–Crippen MR) is 74.4 cm³/mol. The lowest BCUT2D eigenvalue weighted by atomic mass is 10.2. The summed E-state index contributed by atoms with van der Waals surface area (Å²) in [5.41, 5.74) is 2.24. The monoisotopic (exact) mass is 260 g/mol. The smallest absolute Gasteiger partial charge is 0.156 e. The molecule has 0 saturated heterocycles. The van der Waals surface area contributed by atoms with Gasteiger partial charge in [0.2, 0.25) is 0 Å². The van der Waals surface area contributed by atoms with Crippen LogP contribution in [-0.2, 0) is 28.3 Å². The maximum Gasteiger partial charge on any atom is 0.156 e. The Labute approximate surface area is 110 Å². The number of aryl methyl sites for hydroxylation is 1. The van der Waals surface area contributed by atoms with Crippen LogP contribution in [0.1, 0.15) is 11.1 Å². The summed E-state index contributed by atoms with van der Waals surface area (Å²) in [6.07, 6.45) is 0.780. The Morgan fingerprint density at radius 1 is 0.833 bits per heavy atom. The molecular formula is C15H16O2S. The lowest BCUT2D eigenvalue weighted by molar-refractivity contribution is 0.337. The van der Waals surface area contributed by atoms with Gasteiger partial charge in [-0.25, -0.2) is 4.21 Å². The Kier molecular flexibility index (Phi) is 5.12. The first-order valence-corrected chi connectivity index (χ1v) is 7.18. The molecule has 0 N–H and O–H groups in total. The summed E-state index contributed by atoms with van der Waals surface area (Å²) in [5.74, 6) is 0.539. The summed E-state index contributed by atoms with van der Waals surface area (Å²) in [6.45, 7) is 0.405. The van der Waals surface area contributed by atoms with Crippen LogP contribution in [0.2, 0.25) is 0 Å². The average molecular weight is 260 g/mol. The topological polar surface area (TPSA) is 26.3 Å². The molecule has 2 nitrogen and oxygen atoms in total. The molecule has 0 heterocycles. The highest BCUT2D eigenvalue weighted by atomic mass is 32.2. The third-order valence-corrected chi connectivity index (χ3v) is 3.52. The summed E-state index contributed by atoms with van der Waals surface area (Å²) in [4.78, 5) is 0. The fourth-order valence-electron chi connectivity index (χ4n) is 1.61. The second-order valence-corrected chi connectivity index (χ2v) is 5.24. The molecule has 0 bridgehead atoms. The van der Waals surface area contributed by atoms with Crippen LogP contribution in [0.4, 0.5) is 0 Å². The van der Waals surface area contributed by atoms with Crippen LogP contribution in [0.3, 0.4) is 0 Å². The Hall–Kier alpha value is -1.45. The van der Waals surface area contributed by atoms with Crippen molar-refractivity contribution in [3.05, 3.63) is 71.8 Å². The molecule has 1 unspecified atom stereocenters. The summed E-state index contributed by atoms with van der Waals surface area (Å²) >= 11 is -1.22. The van der Waals surface area contributed by atoms with Crippen LogP contribution in [-0.4, -0.2) is 9.96 Å². The largest absolute Gasteiger partial charge is 0.286 e. The zero-order valence-corrected chi connectivity index (χ0v) is 10.9. The first-order valence-electron chi connectivity index (χ1n) is 5.94. The SMILES string of the molecule is O=S(CCc1ccccc1)OCc1ccccc1. The van der Waals surface area contributed by atoms with Crippen LogP contribution < -0.4 is 0 Å². The Morgan fingerprint density at radius 3 is 2.00 bits per heavy atom. The standard InChI is InChI=1S/C15H16O2S/c16-18(12-11-14-7-3-1-4-8-14)17-13-15-9-5-2-6-10-15/h1-10H,11-13H2. The van der Waals surface area contributed by atoms with E-state index in [1.165, 1.54) is 5.56 Å². The number of rotatable bonds is 6. The fourth-order valence-corrected chi connectivity index (χ4v) is 2.40. The van der Waals surface area contributed by atoms with E-state index in [1.54, 1.807) is 0 Å². The maximum absolute atomic E-state index is 11.7. The van der Waals surface area contributed by atoms with Crippen molar-refractivity contribution in [2.24, 2.45) is 0 Å². The van der Waals surface area contributed by atoms with Gasteiger partial charge >= 0.3 is 0 Å². The van der Waals surface area contributed by atoms with E-state index in [0.29, 0.717) is 12.4 Å². The first kappa shape index (κ1) is 13.0. The predicted octanol–water partition coefficient (Wildman–Crippen LogP) is 3.11. The lowest BCUT2D eigenvalue weighted by Gasteiger charge is -2.04. The van der Waals surface area contributed by atoms with E-state index < -0.39 is 11.1 Å². The van der Waals surface area contributed by atoms with Gasteiger partial charge in [-0.15, -0.1) is 0 Å². The van der Waals surface area contributed by atoms with Crippen molar-refractivity contribution in [1.29, 1.82) is 0 Å². The fraction of sp³-hybridized carbons (Fsp3) is 0.200. The van der Waals surface area contributed by atoms with Crippen molar-refractivity contribution in [1.82, 2.24) is 0 Å². The highest BCUT2D eigenvalue weighted by Gasteiger charge is 2.02. The van der Waals surface area contributed by atoms with Crippen molar-refractivity contribution >= 4 is 11.1 Å². The quantitative estimate of drug-likeness (QED) is 0.797. The van der Waals surface area contributed by atoms with Gasteiger partial charge in [0.1, 0.15) is 0 Å². The van der Waals surface area contributed by atoms with Gasteiger partial charge in [-0.2, -0.15) is 0 Å². The lowest BCUT2D eigenvalue weighted by Crippen LogP contribution is -2.05. The molecule has 0 aromatic heterocycles. The van der Waals surface area contributed by atoms with E-state index in [9.17, 15) is 4.21 Å². The van der Waals surface area contributed by atoms with Gasteiger partial charge in [-0.3, -0.25) is 4.18 Å². The van der Waals surface area contributed by atoms with E-state index in [1.807, 2.05) is 60.7 Å². The minimum atomic E-state index is -1.22. The molecule has 2 rings (SSSR count). The molecule has 94 valence electrons. The van der Waals surface area contributed by atoms with Crippen LogP contribution in [0, 0.1) is 0 Å². The van der Waals surface area contributed by atoms with Crippen LogP contribution >= 0.6 is 0 Å². The molecule has 2 aromatic rings. The summed E-state index contributed by atoms with van der Waals surface area (Å²) < 4.78 is 17.0. The van der Waals surface area contributed by atoms with E-state index in [0.717, 1.165) is 12.0 Å². The summed E-state index contributed by atoms with van der Waals surface area (Å²) in [5, 5.41) is 0. The molecule has 1 atom stereocenters. The highest BCUT2D eigenvalue weighted by molar-refractivity contribution is 7.80. The number of benzene rings is 2. The van der Waals surface area contributed by atoms with Gasteiger partial charge in [0.25, 0.3) is 0 Å². The highest BCUT2D eigenvalue weighted by Crippen LogP contribution is 2.05. The van der Waals surface area contributed by atoms with Gasteiger partial charge in [-0.05, 0) is 17.5 Å². The van der Waals surface area contributed by atoms with Gasteiger partial charge in [-0.1, -0.05) is 60.7 Å². The minimum absolute atomic E-state index is 0.405. The molecule has 0 aliphatic rings. The Morgan fingerprint density at radius 2 is 1.39 bits per heavy atom. The molecule has 0 fully saturated rings. The van der Waals surface area contributed by atoms with Crippen molar-refractivity contribution in [2.45, 2.75) is 13.0 Å². The van der Waals surface area contributed by atoms with Crippen molar-refractivity contribution in [3.8, 4) is 0 Å². The average Bonchev–Trinajstić information content (AvgIpc) is 2.45. The van der Waals surface area contributed by atoms with Gasteiger partial charge in [0.05, 0.1) is 12.4 Å². The first-order chi connectivity index (χ1) is 8.84. The zero-order valence-electron chi connectivity index (χ0n) is 10.1.